The standard InChI is InChI=1S/C9H14O/c1-7-4-3-5-8(2)9(7)6-10/h3-4,8,10H,5-6H2,1-2H3. The molecule has 1 aliphatic rings. The van der Waals surface area contributed by atoms with Crippen LogP contribution in [-0.4, -0.2) is 11.7 Å². The van der Waals surface area contributed by atoms with Gasteiger partial charge in [-0.3, -0.25) is 0 Å². The Hall–Kier alpha value is -0.560. The third kappa shape index (κ3) is 1.29. The smallest absolute Gasteiger partial charge is 0.0650 e. The van der Waals surface area contributed by atoms with Gasteiger partial charge in [0.2, 0.25) is 0 Å². The van der Waals surface area contributed by atoms with E-state index in [4.69, 9.17) is 5.11 Å². The molecule has 0 fully saturated rings. The second-order valence-electron chi connectivity index (χ2n) is 2.91. The second-order valence-corrected chi connectivity index (χ2v) is 2.91. The Labute approximate surface area is 62.1 Å². The van der Waals surface area contributed by atoms with E-state index in [1.165, 1.54) is 11.1 Å². The number of hydrogen-bond donors (Lipinski definition) is 1. The Morgan fingerprint density at radius 3 is 2.80 bits per heavy atom. The topological polar surface area (TPSA) is 20.2 Å². The SMILES string of the molecule is CC1=C(CO)C(C)CC=C1. The van der Waals surface area contributed by atoms with Crippen LogP contribution in [0.5, 0.6) is 0 Å². The third-order valence-corrected chi connectivity index (χ3v) is 2.13. The van der Waals surface area contributed by atoms with Crippen molar-refractivity contribution in [2.45, 2.75) is 20.3 Å². The van der Waals surface area contributed by atoms with E-state index in [9.17, 15) is 0 Å². The summed E-state index contributed by atoms with van der Waals surface area (Å²) in [5, 5.41) is 8.94. The van der Waals surface area contributed by atoms with Gasteiger partial charge in [-0.15, -0.1) is 0 Å². The maximum atomic E-state index is 8.94. The van der Waals surface area contributed by atoms with Gasteiger partial charge in [0.15, 0.2) is 0 Å². The van der Waals surface area contributed by atoms with Gasteiger partial charge in [0.1, 0.15) is 0 Å². The van der Waals surface area contributed by atoms with Crippen LogP contribution in [0.3, 0.4) is 0 Å². The van der Waals surface area contributed by atoms with Crippen LogP contribution in [0.4, 0.5) is 0 Å². The van der Waals surface area contributed by atoms with Crippen LogP contribution in [0.25, 0.3) is 0 Å². The number of aliphatic hydroxyl groups excluding tert-OH is 1. The Balaban J connectivity index is 2.83. The first kappa shape index (κ1) is 7.55. The van der Waals surface area contributed by atoms with Crippen LogP contribution in [0, 0.1) is 5.92 Å². The maximum absolute atomic E-state index is 8.94. The zero-order valence-corrected chi connectivity index (χ0v) is 6.59. The molecule has 0 aromatic carbocycles. The molecule has 0 aliphatic heterocycles. The van der Waals surface area contributed by atoms with Crippen molar-refractivity contribution in [1.82, 2.24) is 0 Å². The van der Waals surface area contributed by atoms with Crippen molar-refractivity contribution >= 4 is 0 Å². The summed E-state index contributed by atoms with van der Waals surface area (Å²) >= 11 is 0. The van der Waals surface area contributed by atoms with Crippen molar-refractivity contribution in [3.05, 3.63) is 23.3 Å². The molecule has 10 heavy (non-hydrogen) atoms. The van der Waals surface area contributed by atoms with E-state index in [2.05, 4.69) is 26.0 Å². The molecule has 1 atom stereocenters. The van der Waals surface area contributed by atoms with Crippen LogP contribution in [-0.2, 0) is 0 Å². The van der Waals surface area contributed by atoms with Crippen molar-refractivity contribution in [2.75, 3.05) is 6.61 Å². The molecule has 0 amide bonds. The van der Waals surface area contributed by atoms with Gasteiger partial charge >= 0.3 is 0 Å². The lowest BCUT2D eigenvalue weighted by atomic mass is 9.90. The molecule has 1 heteroatoms. The summed E-state index contributed by atoms with van der Waals surface area (Å²) in [5.41, 5.74) is 2.43. The van der Waals surface area contributed by atoms with Crippen molar-refractivity contribution in [1.29, 1.82) is 0 Å². The van der Waals surface area contributed by atoms with Crippen LogP contribution in [0.15, 0.2) is 23.3 Å². The molecule has 0 heterocycles. The van der Waals surface area contributed by atoms with Crippen molar-refractivity contribution in [2.24, 2.45) is 5.92 Å². The Kier molecular flexibility index (Phi) is 2.28. The zero-order chi connectivity index (χ0) is 7.56. The van der Waals surface area contributed by atoms with Gasteiger partial charge in [-0.25, -0.2) is 0 Å². The van der Waals surface area contributed by atoms with Crippen LogP contribution in [0.2, 0.25) is 0 Å². The molecule has 0 aromatic rings. The van der Waals surface area contributed by atoms with Gasteiger partial charge in [-0.1, -0.05) is 19.1 Å². The van der Waals surface area contributed by atoms with Gasteiger partial charge in [0.05, 0.1) is 6.61 Å². The molecule has 56 valence electrons. The van der Waals surface area contributed by atoms with Gasteiger partial charge in [-0.05, 0) is 30.4 Å². The predicted molar refractivity (Wildman–Crippen MR) is 42.7 cm³/mol. The maximum Gasteiger partial charge on any atom is 0.0650 e. The first-order chi connectivity index (χ1) is 4.75. The summed E-state index contributed by atoms with van der Waals surface area (Å²) in [6, 6.07) is 0. The highest BCUT2D eigenvalue weighted by molar-refractivity contribution is 5.29. The van der Waals surface area contributed by atoms with E-state index in [0.29, 0.717) is 5.92 Å². The highest BCUT2D eigenvalue weighted by atomic mass is 16.3. The first-order valence-electron chi connectivity index (χ1n) is 3.72. The summed E-state index contributed by atoms with van der Waals surface area (Å²) in [4.78, 5) is 0. The summed E-state index contributed by atoms with van der Waals surface area (Å²) in [6.45, 7) is 4.42. The monoisotopic (exact) mass is 138 g/mol. The average molecular weight is 138 g/mol. The lowest BCUT2D eigenvalue weighted by molar-refractivity contribution is 0.314. The fraction of sp³-hybridized carbons (Fsp3) is 0.556. The van der Waals surface area contributed by atoms with E-state index in [1.807, 2.05) is 0 Å². The lowest BCUT2D eigenvalue weighted by Gasteiger charge is -2.17. The zero-order valence-electron chi connectivity index (χ0n) is 6.59. The highest BCUT2D eigenvalue weighted by Crippen LogP contribution is 2.23. The summed E-state index contributed by atoms with van der Waals surface area (Å²) in [6.07, 6.45) is 5.33. The third-order valence-electron chi connectivity index (χ3n) is 2.13. The van der Waals surface area contributed by atoms with Gasteiger partial charge < -0.3 is 5.11 Å². The van der Waals surface area contributed by atoms with E-state index >= 15 is 0 Å². The van der Waals surface area contributed by atoms with Crippen molar-refractivity contribution < 1.29 is 5.11 Å². The molecule has 0 saturated carbocycles. The minimum atomic E-state index is 0.220. The molecule has 1 unspecified atom stereocenters. The summed E-state index contributed by atoms with van der Waals surface area (Å²) < 4.78 is 0. The minimum Gasteiger partial charge on any atom is -0.392 e. The van der Waals surface area contributed by atoms with E-state index in [0.717, 1.165) is 6.42 Å². The number of allylic oxidation sites excluding steroid dienone is 3. The number of hydrogen-bond acceptors (Lipinski definition) is 1. The molecule has 1 N–H and O–H groups in total. The summed E-state index contributed by atoms with van der Waals surface area (Å²) in [5.74, 6) is 0.537. The van der Waals surface area contributed by atoms with Crippen LogP contribution < -0.4 is 0 Å². The molecule has 0 radical (unpaired) electrons. The molecule has 0 saturated heterocycles. The molecule has 1 nitrogen and oxygen atoms in total. The molecule has 1 rings (SSSR count). The molecular weight excluding hydrogens is 124 g/mol. The van der Waals surface area contributed by atoms with E-state index in [1.54, 1.807) is 0 Å². The highest BCUT2D eigenvalue weighted by Gasteiger charge is 2.11. The lowest BCUT2D eigenvalue weighted by Crippen LogP contribution is -2.07. The number of rotatable bonds is 1. The fourth-order valence-electron chi connectivity index (χ4n) is 1.37. The molecular formula is C9H14O. The Morgan fingerprint density at radius 2 is 2.40 bits per heavy atom. The van der Waals surface area contributed by atoms with E-state index < -0.39 is 0 Å². The predicted octanol–water partition coefficient (Wildman–Crippen LogP) is 1.89. The molecule has 0 spiro atoms. The summed E-state index contributed by atoms with van der Waals surface area (Å²) in [7, 11) is 0. The first-order valence-corrected chi connectivity index (χ1v) is 3.72. The molecule has 1 aliphatic carbocycles. The van der Waals surface area contributed by atoms with Crippen LogP contribution in [0.1, 0.15) is 20.3 Å². The average Bonchev–Trinajstić information content (AvgIpc) is 1.88. The largest absolute Gasteiger partial charge is 0.392 e. The van der Waals surface area contributed by atoms with Gasteiger partial charge in [0, 0.05) is 0 Å². The Morgan fingerprint density at radius 1 is 1.70 bits per heavy atom. The van der Waals surface area contributed by atoms with Crippen molar-refractivity contribution in [3.63, 3.8) is 0 Å². The fourth-order valence-corrected chi connectivity index (χ4v) is 1.37. The second kappa shape index (κ2) is 3.02. The van der Waals surface area contributed by atoms with Crippen molar-refractivity contribution in [3.8, 4) is 0 Å². The number of aliphatic hydroxyl groups is 1. The van der Waals surface area contributed by atoms with E-state index in [-0.39, 0.29) is 6.61 Å². The minimum absolute atomic E-state index is 0.220. The quantitative estimate of drug-likeness (QED) is 0.586. The van der Waals surface area contributed by atoms with Crippen LogP contribution >= 0.6 is 0 Å². The Bertz CT molecular complexity index is 177. The molecule has 0 aromatic heterocycles. The molecule has 0 bridgehead atoms. The van der Waals surface area contributed by atoms with Gasteiger partial charge in [-0.2, -0.15) is 0 Å². The van der Waals surface area contributed by atoms with Gasteiger partial charge in [0.25, 0.3) is 0 Å². The normalized spacial score (nSPS) is 25.7.